The normalized spacial score (nSPS) is 33.9. The number of hydrogen-bond acceptors (Lipinski definition) is 11. The third-order valence-corrected chi connectivity index (χ3v) is 9.31. The van der Waals surface area contributed by atoms with Crippen molar-refractivity contribution in [3.05, 3.63) is 66.0 Å². The van der Waals surface area contributed by atoms with E-state index < -0.39 is 83.4 Å². The lowest BCUT2D eigenvalue weighted by Gasteiger charge is -2.63. The third-order valence-electron chi connectivity index (χ3n) is 9.31. The number of carbonyl (C=O) groups excluding carboxylic acids is 4. The van der Waals surface area contributed by atoms with Gasteiger partial charge in [0.2, 0.25) is 0 Å². The SMILES string of the molecule is CC(=O)O[C@H]1[C@H](OC(=O)c2ccccc2)C[C@H](C)[C@]23OC(C)(C)[C@H](C[C@@H](OC(=O)c4cccnc4)[C@]12CO)[C@@H]3OC(C)=O. The van der Waals surface area contributed by atoms with Gasteiger partial charge in [-0.1, -0.05) is 25.1 Å². The molecule has 1 aromatic carbocycles. The molecule has 230 valence electrons. The van der Waals surface area contributed by atoms with Gasteiger partial charge < -0.3 is 28.8 Å². The maximum atomic E-state index is 13.5. The summed E-state index contributed by atoms with van der Waals surface area (Å²) in [6.45, 7) is 7.34. The fraction of sp³-hybridized carbons (Fsp3) is 0.531. The molecule has 1 spiro atoms. The Bertz CT molecular complexity index is 1380. The van der Waals surface area contributed by atoms with Gasteiger partial charge in [-0.2, -0.15) is 0 Å². The van der Waals surface area contributed by atoms with E-state index in [-0.39, 0.29) is 24.0 Å². The van der Waals surface area contributed by atoms with E-state index in [4.69, 9.17) is 23.7 Å². The first-order valence-corrected chi connectivity index (χ1v) is 14.4. The lowest BCUT2D eigenvalue weighted by molar-refractivity contribution is -0.317. The van der Waals surface area contributed by atoms with Crippen LogP contribution in [0.4, 0.5) is 0 Å². The molecular weight excluding hydrogens is 558 g/mol. The van der Waals surface area contributed by atoms with Crippen molar-refractivity contribution in [2.45, 2.75) is 83.1 Å². The molecule has 3 fully saturated rings. The molecule has 5 rings (SSSR count). The quantitative estimate of drug-likeness (QED) is 0.371. The highest BCUT2D eigenvalue weighted by Crippen LogP contribution is 2.68. The highest BCUT2D eigenvalue weighted by atomic mass is 16.6. The van der Waals surface area contributed by atoms with E-state index in [1.165, 1.54) is 26.2 Å². The molecule has 1 aromatic heterocycles. The minimum Gasteiger partial charge on any atom is -0.459 e. The van der Waals surface area contributed by atoms with E-state index in [2.05, 4.69) is 4.98 Å². The first kappa shape index (κ1) is 30.6. The van der Waals surface area contributed by atoms with E-state index >= 15 is 0 Å². The fourth-order valence-electron chi connectivity index (χ4n) is 7.66. The maximum absolute atomic E-state index is 13.5. The van der Waals surface area contributed by atoms with E-state index in [0.717, 1.165) is 0 Å². The zero-order valence-corrected chi connectivity index (χ0v) is 24.9. The van der Waals surface area contributed by atoms with Crippen molar-refractivity contribution in [2.24, 2.45) is 17.3 Å². The minimum absolute atomic E-state index is 0.100. The minimum atomic E-state index is -1.71. The van der Waals surface area contributed by atoms with Gasteiger partial charge >= 0.3 is 23.9 Å². The van der Waals surface area contributed by atoms with E-state index in [1.54, 1.807) is 42.5 Å². The van der Waals surface area contributed by atoms with Crippen LogP contribution in [0.15, 0.2) is 54.9 Å². The molecule has 0 radical (unpaired) electrons. The van der Waals surface area contributed by atoms with Crippen molar-refractivity contribution in [3.63, 3.8) is 0 Å². The molecule has 2 heterocycles. The van der Waals surface area contributed by atoms with Crippen LogP contribution in [0, 0.1) is 17.3 Å². The van der Waals surface area contributed by atoms with Crippen LogP contribution in [-0.4, -0.2) is 76.2 Å². The summed E-state index contributed by atoms with van der Waals surface area (Å²) < 4.78 is 31.0. The second kappa shape index (κ2) is 11.3. The van der Waals surface area contributed by atoms with Crippen LogP contribution in [0.2, 0.25) is 0 Å². The molecule has 1 N–H and O–H groups in total. The highest BCUT2D eigenvalue weighted by molar-refractivity contribution is 5.90. The van der Waals surface area contributed by atoms with E-state index in [0.29, 0.717) is 0 Å². The molecule has 2 aromatic rings. The fourth-order valence-corrected chi connectivity index (χ4v) is 7.66. The molecule has 3 aliphatic rings. The number of aliphatic hydroxyl groups excluding tert-OH is 1. The molecule has 0 unspecified atom stereocenters. The standard InChI is InChI=1S/C32H37NO10/c1-18-14-24(41-28(37)21-10-7-6-8-11-21)27(40-20(3)36)31(17-34)25(42-29(38)22-12-9-13-33-16-22)15-23-26(39-19(2)35)32(18,31)43-30(23,4)5/h6-13,16,18,23-27,34H,14-15,17H2,1-5H3/t18-,23+,24+,25+,26-,27-,31+,32+/m0/s1. The van der Waals surface area contributed by atoms with Crippen LogP contribution >= 0.6 is 0 Å². The van der Waals surface area contributed by atoms with Crippen molar-refractivity contribution in [1.29, 1.82) is 0 Å². The van der Waals surface area contributed by atoms with Gasteiger partial charge in [-0.05, 0) is 56.9 Å². The summed E-state index contributed by atoms with van der Waals surface area (Å²) in [5.74, 6) is -3.60. The Hall–Kier alpha value is -3.83. The van der Waals surface area contributed by atoms with E-state index in [1.807, 2.05) is 20.8 Å². The lowest BCUT2D eigenvalue weighted by atomic mass is 9.48. The van der Waals surface area contributed by atoms with Gasteiger partial charge in [0, 0.05) is 32.2 Å². The van der Waals surface area contributed by atoms with Crippen LogP contribution in [-0.2, 0) is 33.3 Å². The first-order valence-electron chi connectivity index (χ1n) is 14.4. The molecule has 2 aliphatic carbocycles. The van der Waals surface area contributed by atoms with Gasteiger partial charge in [-0.25, -0.2) is 9.59 Å². The molecule has 8 atom stereocenters. The van der Waals surface area contributed by atoms with Crippen molar-refractivity contribution < 1.29 is 48.0 Å². The van der Waals surface area contributed by atoms with Crippen LogP contribution < -0.4 is 0 Å². The molecule has 0 amide bonds. The zero-order chi connectivity index (χ0) is 31.2. The van der Waals surface area contributed by atoms with Gasteiger partial charge in [-0.15, -0.1) is 0 Å². The topological polar surface area (TPSA) is 148 Å². The van der Waals surface area contributed by atoms with Gasteiger partial charge in [0.05, 0.1) is 23.3 Å². The smallest absolute Gasteiger partial charge is 0.340 e. The summed E-state index contributed by atoms with van der Waals surface area (Å²) in [7, 11) is 0. The largest absolute Gasteiger partial charge is 0.459 e. The summed E-state index contributed by atoms with van der Waals surface area (Å²) in [4.78, 5) is 56.0. The third kappa shape index (κ3) is 4.98. The number of aromatic nitrogens is 1. The molecule has 11 nitrogen and oxygen atoms in total. The summed E-state index contributed by atoms with van der Waals surface area (Å²) >= 11 is 0. The Kier molecular flexibility index (Phi) is 8.08. The molecule has 11 heteroatoms. The monoisotopic (exact) mass is 595 g/mol. The van der Waals surface area contributed by atoms with Crippen LogP contribution in [0.25, 0.3) is 0 Å². The molecule has 2 saturated carbocycles. The van der Waals surface area contributed by atoms with Gasteiger partial charge in [-0.3, -0.25) is 14.6 Å². The van der Waals surface area contributed by atoms with Gasteiger partial charge in [0.25, 0.3) is 0 Å². The number of hydrogen-bond donors (Lipinski definition) is 1. The molecule has 1 aliphatic heterocycles. The number of aliphatic hydroxyl groups is 1. The molecule has 43 heavy (non-hydrogen) atoms. The van der Waals surface area contributed by atoms with Crippen LogP contribution in [0.3, 0.4) is 0 Å². The van der Waals surface area contributed by atoms with Crippen molar-refractivity contribution in [3.8, 4) is 0 Å². The van der Waals surface area contributed by atoms with Crippen molar-refractivity contribution in [2.75, 3.05) is 6.61 Å². The number of fused-ring (bicyclic) bond motifs is 1. The Labute approximate surface area is 249 Å². The predicted octanol–water partition coefficient (Wildman–Crippen LogP) is 3.28. The second-order valence-electron chi connectivity index (χ2n) is 12.2. The average molecular weight is 596 g/mol. The number of rotatable bonds is 7. The Morgan fingerprint density at radius 1 is 0.884 bits per heavy atom. The Morgan fingerprint density at radius 2 is 1.51 bits per heavy atom. The van der Waals surface area contributed by atoms with E-state index in [9.17, 15) is 24.3 Å². The maximum Gasteiger partial charge on any atom is 0.340 e. The number of carbonyl (C=O) groups is 4. The zero-order valence-electron chi connectivity index (χ0n) is 24.9. The Balaban J connectivity index is 1.68. The highest BCUT2D eigenvalue weighted by Gasteiger charge is 2.82. The average Bonchev–Trinajstić information content (AvgIpc) is 3.13. The van der Waals surface area contributed by atoms with Crippen molar-refractivity contribution in [1.82, 2.24) is 4.98 Å². The van der Waals surface area contributed by atoms with Gasteiger partial charge in [0.1, 0.15) is 29.3 Å². The number of benzene rings is 1. The molecule has 1 saturated heterocycles. The molecular formula is C32H37NO10. The van der Waals surface area contributed by atoms with Crippen LogP contribution in [0.1, 0.15) is 68.2 Å². The van der Waals surface area contributed by atoms with Crippen molar-refractivity contribution >= 4 is 23.9 Å². The number of pyridine rings is 1. The van der Waals surface area contributed by atoms with Crippen LogP contribution in [0.5, 0.6) is 0 Å². The summed E-state index contributed by atoms with van der Waals surface area (Å²) in [5, 5.41) is 11.5. The number of ether oxygens (including phenoxy) is 5. The predicted molar refractivity (Wildman–Crippen MR) is 149 cm³/mol. The first-order chi connectivity index (χ1) is 20.4. The Morgan fingerprint density at radius 3 is 2.12 bits per heavy atom. The lowest BCUT2D eigenvalue weighted by Crippen LogP contribution is -2.78. The molecule has 2 bridgehead atoms. The van der Waals surface area contributed by atoms with Gasteiger partial charge in [0.15, 0.2) is 6.10 Å². The second-order valence-corrected chi connectivity index (χ2v) is 12.2. The summed E-state index contributed by atoms with van der Waals surface area (Å²) in [6, 6.07) is 11.5. The summed E-state index contributed by atoms with van der Waals surface area (Å²) in [6.07, 6.45) is -1.27. The summed E-state index contributed by atoms with van der Waals surface area (Å²) in [5.41, 5.74) is -3.64. The number of nitrogens with zero attached hydrogens (tertiary/aromatic N) is 1. The number of esters is 4.